The number of ether oxygens (including phenoxy) is 1. The van der Waals surface area contributed by atoms with Crippen LogP contribution in [0.5, 0.6) is 0 Å². The van der Waals surface area contributed by atoms with Crippen LogP contribution in [0.25, 0.3) is 0 Å². The lowest BCUT2D eigenvalue weighted by Gasteiger charge is -2.32. The van der Waals surface area contributed by atoms with Gasteiger partial charge in [0.05, 0.1) is 6.10 Å². The van der Waals surface area contributed by atoms with Gasteiger partial charge < -0.3 is 9.84 Å². The van der Waals surface area contributed by atoms with Crippen molar-refractivity contribution >= 4 is 17.6 Å². The molecule has 0 spiro atoms. The summed E-state index contributed by atoms with van der Waals surface area (Å²) >= 11 is 6.00. The molecular weight excluding hydrogens is 204 g/mol. The number of aliphatic carboxylic acids is 1. The predicted molar refractivity (Wildman–Crippen MR) is 54.6 cm³/mol. The Balaban J connectivity index is 2.41. The topological polar surface area (TPSA) is 46.5 Å². The van der Waals surface area contributed by atoms with E-state index in [-0.39, 0.29) is 11.5 Å². The average Bonchev–Trinajstić information content (AvgIpc) is 2.09. The molecule has 0 aliphatic heterocycles. The molecule has 0 aromatic carbocycles. The van der Waals surface area contributed by atoms with Crippen LogP contribution < -0.4 is 0 Å². The summed E-state index contributed by atoms with van der Waals surface area (Å²) in [6.45, 7) is 3.63. The number of halogens is 1. The fourth-order valence-electron chi connectivity index (χ4n) is 1.83. The van der Waals surface area contributed by atoms with Crippen molar-refractivity contribution in [3.05, 3.63) is 0 Å². The Morgan fingerprint density at radius 1 is 1.57 bits per heavy atom. The quantitative estimate of drug-likeness (QED) is 0.743. The maximum Gasteiger partial charge on any atom is 0.332 e. The minimum Gasteiger partial charge on any atom is -0.479 e. The molecule has 0 aromatic rings. The van der Waals surface area contributed by atoms with Crippen LogP contribution in [0.2, 0.25) is 0 Å². The van der Waals surface area contributed by atoms with Gasteiger partial charge in [-0.3, -0.25) is 0 Å². The van der Waals surface area contributed by atoms with Gasteiger partial charge in [0.25, 0.3) is 0 Å². The molecule has 4 heteroatoms. The molecule has 0 saturated heterocycles. The van der Waals surface area contributed by atoms with Crippen molar-refractivity contribution in [3.63, 3.8) is 0 Å². The van der Waals surface area contributed by atoms with E-state index >= 15 is 0 Å². The summed E-state index contributed by atoms with van der Waals surface area (Å²) in [5.74, 6) is -0.543. The Labute approximate surface area is 89.4 Å². The number of carboxylic acid groups (broad SMARTS) is 1. The van der Waals surface area contributed by atoms with Crippen LogP contribution in [-0.2, 0) is 9.53 Å². The third-order valence-electron chi connectivity index (χ3n) is 2.75. The smallest absolute Gasteiger partial charge is 0.332 e. The zero-order valence-electron chi connectivity index (χ0n) is 8.57. The van der Waals surface area contributed by atoms with E-state index in [0.717, 1.165) is 19.3 Å². The number of carboxylic acids is 1. The Bertz CT molecular complexity index is 208. The highest BCUT2D eigenvalue weighted by Crippen LogP contribution is 2.30. The molecule has 0 bridgehead atoms. The zero-order valence-corrected chi connectivity index (χ0v) is 9.33. The molecule has 1 aliphatic carbocycles. The maximum atomic E-state index is 10.6. The Hall–Kier alpha value is -0.280. The van der Waals surface area contributed by atoms with Gasteiger partial charge in [-0.1, -0.05) is 6.92 Å². The maximum absolute atomic E-state index is 10.6. The molecule has 1 fully saturated rings. The summed E-state index contributed by atoms with van der Waals surface area (Å²) in [6, 6.07) is 0. The summed E-state index contributed by atoms with van der Waals surface area (Å²) in [5.41, 5.74) is 0. The van der Waals surface area contributed by atoms with Crippen molar-refractivity contribution in [1.82, 2.24) is 0 Å². The first kappa shape index (κ1) is 11.8. The van der Waals surface area contributed by atoms with Crippen LogP contribution in [0.4, 0.5) is 0 Å². The second-order valence-corrected chi connectivity index (χ2v) is 4.66. The van der Waals surface area contributed by atoms with E-state index in [2.05, 4.69) is 6.92 Å². The van der Waals surface area contributed by atoms with Crippen molar-refractivity contribution < 1.29 is 14.6 Å². The second-order valence-electron chi connectivity index (χ2n) is 4.04. The Morgan fingerprint density at radius 3 is 2.71 bits per heavy atom. The van der Waals surface area contributed by atoms with Gasteiger partial charge in [0.1, 0.15) is 0 Å². The number of carbonyl (C=O) groups is 1. The van der Waals surface area contributed by atoms with E-state index in [1.54, 1.807) is 6.92 Å². The van der Waals surface area contributed by atoms with E-state index in [0.29, 0.717) is 5.92 Å². The largest absolute Gasteiger partial charge is 0.479 e. The lowest BCUT2D eigenvalue weighted by molar-refractivity contribution is -0.155. The highest BCUT2D eigenvalue weighted by Gasteiger charge is 2.29. The molecule has 1 N–H and O–H groups in total. The van der Waals surface area contributed by atoms with Gasteiger partial charge in [0.2, 0.25) is 0 Å². The lowest BCUT2D eigenvalue weighted by Crippen LogP contribution is -2.35. The molecule has 1 saturated carbocycles. The van der Waals surface area contributed by atoms with Gasteiger partial charge in [-0.2, -0.15) is 0 Å². The molecule has 0 radical (unpaired) electrons. The van der Waals surface area contributed by atoms with Gasteiger partial charge in [0, 0.05) is 5.38 Å². The number of hydrogen-bond donors (Lipinski definition) is 1. The first-order chi connectivity index (χ1) is 6.50. The molecule has 4 atom stereocenters. The van der Waals surface area contributed by atoms with Crippen LogP contribution in [0.3, 0.4) is 0 Å². The first-order valence-corrected chi connectivity index (χ1v) is 5.46. The number of hydrogen-bond acceptors (Lipinski definition) is 2. The summed E-state index contributed by atoms with van der Waals surface area (Å²) < 4.78 is 5.46. The Morgan fingerprint density at radius 2 is 2.21 bits per heavy atom. The molecule has 3 nitrogen and oxygen atoms in total. The third-order valence-corrected chi connectivity index (χ3v) is 3.15. The van der Waals surface area contributed by atoms with E-state index < -0.39 is 12.1 Å². The summed E-state index contributed by atoms with van der Waals surface area (Å²) in [7, 11) is 0. The van der Waals surface area contributed by atoms with Crippen molar-refractivity contribution in [1.29, 1.82) is 0 Å². The first-order valence-electron chi connectivity index (χ1n) is 5.03. The van der Waals surface area contributed by atoms with Crippen molar-refractivity contribution in [2.45, 2.75) is 50.7 Å². The van der Waals surface area contributed by atoms with E-state index in [1.165, 1.54) is 0 Å². The average molecular weight is 221 g/mol. The van der Waals surface area contributed by atoms with Crippen LogP contribution >= 0.6 is 11.6 Å². The minimum atomic E-state index is -0.898. The highest BCUT2D eigenvalue weighted by atomic mass is 35.5. The number of rotatable bonds is 3. The normalized spacial score (nSPS) is 35.2. The molecule has 1 rings (SSSR count). The number of alkyl halides is 1. The molecule has 4 unspecified atom stereocenters. The van der Waals surface area contributed by atoms with E-state index in [4.69, 9.17) is 21.4 Å². The zero-order chi connectivity index (χ0) is 10.7. The highest BCUT2D eigenvalue weighted by molar-refractivity contribution is 6.20. The van der Waals surface area contributed by atoms with Gasteiger partial charge in [0.15, 0.2) is 6.10 Å². The van der Waals surface area contributed by atoms with E-state index in [9.17, 15) is 4.79 Å². The molecule has 14 heavy (non-hydrogen) atoms. The van der Waals surface area contributed by atoms with Gasteiger partial charge >= 0.3 is 5.97 Å². The predicted octanol–water partition coefficient (Wildman–Crippen LogP) is 2.27. The summed E-state index contributed by atoms with van der Waals surface area (Å²) in [6.07, 6.45) is 2.04. The van der Waals surface area contributed by atoms with Crippen LogP contribution in [-0.4, -0.2) is 28.7 Å². The molecule has 0 heterocycles. The molecule has 82 valence electrons. The van der Waals surface area contributed by atoms with Gasteiger partial charge in [-0.25, -0.2) is 4.79 Å². The van der Waals surface area contributed by atoms with E-state index in [1.807, 2.05) is 0 Å². The van der Waals surface area contributed by atoms with Crippen LogP contribution in [0.1, 0.15) is 33.1 Å². The fourth-order valence-corrected chi connectivity index (χ4v) is 2.23. The molecule has 0 aromatic heterocycles. The van der Waals surface area contributed by atoms with Crippen molar-refractivity contribution in [2.75, 3.05) is 0 Å². The second kappa shape index (κ2) is 4.99. The van der Waals surface area contributed by atoms with Crippen molar-refractivity contribution in [2.24, 2.45) is 5.92 Å². The molecular formula is C10H17ClO3. The van der Waals surface area contributed by atoms with Crippen LogP contribution in [0.15, 0.2) is 0 Å². The standard InChI is InChI=1S/C10H17ClO3/c1-6-5-8(11)3-4-9(6)14-7(2)10(12)13/h6-9H,3-5H2,1-2H3,(H,12,13). The minimum absolute atomic E-state index is 0.0519. The fraction of sp³-hybridized carbons (Fsp3) is 0.900. The molecule has 0 amide bonds. The molecule has 1 aliphatic rings. The third kappa shape index (κ3) is 3.14. The van der Waals surface area contributed by atoms with Gasteiger partial charge in [-0.05, 0) is 32.1 Å². The Kier molecular flexibility index (Phi) is 4.20. The summed E-state index contributed by atoms with van der Waals surface area (Å²) in [4.78, 5) is 10.6. The van der Waals surface area contributed by atoms with Crippen LogP contribution in [0, 0.1) is 5.92 Å². The van der Waals surface area contributed by atoms with Crippen molar-refractivity contribution in [3.8, 4) is 0 Å². The monoisotopic (exact) mass is 220 g/mol. The SMILES string of the molecule is CC(OC1CCC(Cl)CC1C)C(=O)O. The summed E-state index contributed by atoms with van der Waals surface area (Å²) in [5, 5.41) is 8.93. The lowest BCUT2D eigenvalue weighted by atomic mass is 9.87. The van der Waals surface area contributed by atoms with Gasteiger partial charge in [-0.15, -0.1) is 11.6 Å².